The van der Waals surface area contributed by atoms with Crippen molar-refractivity contribution in [3.05, 3.63) is 17.5 Å². The van der Waals surface area contributed by atoms with Crippen molar-refractivity contribution in [1.29, 1.82) is 0 Å². The Bertz CT molecular complexity index is 265. The molecule has 0 aliphatic rings. The number of nitrogens with zero attached hydrogens (tertiary/aromatic N) is 1. The van der Waals surface area contributed by atoms with Crippen LogP contribution in [-0.2, 0) is 6.42 Å². The van der Waals surface area contributed by atoms with E-state index in [1.807, 2.05) is 6.92 Å². The molecule has 1 unspecified atom stereocenters. The molecular weight excluding hydrogens is 174 g/mol. The van der Waals surface area contributed by atoms with Crippen LogP contribution >= 0.6 is 0 Å². The van der Waals surface area contributed by atoms with Gasteiger partial charge in [0.15, 0.2) is 0 Å². The van der Waals surface area contributed by atoms with Crippen LogP contribution < -0.4 is 5.73 Å². The fourth-order valence-electron chi connectivity index (χ4n) is 1.50. The first-order chi connectivity index (χ1) is 6.58. The van der Waals surface area contributed by atoms with Crippen LogP contribution in [-0.4, -0.2) is 16.2 Å². The lowest BCUT2D eigenvalue weighted by Gasteiger charge is -2.11. The molecule has 0 aliphatic heterocycles. The minimum atomic E-state index is 0.250. The van der Waals surface area contributed by atoms with Crippen LogP contribution in [0, 0.1) is 12.8 Å². The number of nitrogens with one attached hydrogen (secondary N) is 1. The molecule has 0 radical (unpaired) electrons. The molecule has 3 heteroatoms. The van der Waals surface area contributed by atoms with Gasteiger partial charge in [-0.25, -0.2) is 0 Å². The van der Waals surface area contributed by atoms with Crippen molar-refractivity contribution in [1.82, 2.24) is 10.2 Å². The molecule has 3 N–H and O–H groups in total. The Kier molecular flexibility index (Phi) is 4.14. The second-order valence-electron chi connectivity index (χ2n) is 4.48. The minimum absolute atomic E-state index is 0.250. The Hall–Kier alpha value is -0.830. The highest BCUT2D eigenvalue weighted by Crippen LogP contribution is 2.09. The molecule has 0 spiro atoms. The topological polar surface area (TPSA) is 54.7 Å². The molecule has 0 saturated heterocycles. The first-order valence-corrected chi connectivity index (χ1v) is 5.34. The summed E-state index contributed by atoms with van der Waals surface area (Å²) in [5, 5.41) is 7.11. The summed E-state index contributed by atoms with van der Waals surface area (Å²) in [7, 11) is 0. The van der Waals surface area contributed by atoms with Crippen LogP contribution in [0.3, 0.4) is 0 Å². The first kappa shape index (κ1) is 11.2. The predicted octanol–water partition coefficient (Wildman–Crippen LogP) is 2.02. The van der Waals surface area contributed by atoms with Gasteiger partial charge in [0.25, 0.3) is 0 Å². The summed E-state index contributed by atoms with van der Waals surface area (Å²) in [6.07, 6.45) is 3.17. The van der Waals surface area contributed by atoms with E-state index >= 15 is 0 Å². The predicted molar refractivity (Wildman–Crippen MR) is 59.1 cm³/mol. The maximum atomic E-state index is 6.01. The molecule has 0 fully saturated rings. The molecule has 1 rings (SSSR count). The van der Waals surface area contributed by atoms with Gasteiger partial charge in [0.05, 0.1) is 5.69 Å². The van der Waals surface area contributed by atoms with E-state index in [0.717, 1.165) is 30.1 Å². The number of aromatic nitrogens is 2. The molecule has 80 valence electrons. The SMILES string of the molecule is Cc1cc(CC(N)CCC(C)C)n[nH]1. The smallest absolute Gasteiger partial charge is 0.0640 e. The van der Waals surface area contributed by atoms with E-state index in [1.165, 1.54) is 6.42 Å². The van der Waals surface area contributed by atoms with Gasteiger partial charge in [-0.3, -0.25) is 5.10 Å². The van der Waals surface area contributed by atoms with E-state index < -0.39 is 0 Å². The fraction of sp³-hybridized carbons (Fsp3) is 0.727. The van der Waals surface area contributed by atoms with Gasteiger partial charge < -0.3 is 5.73 Å². The van der Waals surface area contributed by atoms with Crippen LogP contribution in [0.1, 0.15) is 38.1 Å². The zero-order chi connectivity index (χ0) is 10.6. The number of rotatable bonds is 5. The van der Waals surface area contributed by atoms with Crippen LogP contribution in [0.2, 0.25) is 0 Å². The van der Waals surface area contributed by atoms with Crippen molar-refractivity contribution in [2.24, 2.45) is 11.7 Å². The largest absolute Gasteiger partial charge is 0.327 e. The van der Waals surface area contributed by atoms with Crippen molar-refractivity contribution < 1.29 is 0 Å². The van der Waals surface area contributed by atoms with Gasteiger partial charge in [-0.05, 0) is 31.7 Å². The lowest BCUT2D eigenvalue weighted by atomic mass is 10.0. The number of nitrogens with two attached hydrogens (primary N) is 1. The van der Waals surface area contributed by atoms with E-state index in [1.54, 1.807) is 0 Å². The van der Waals surface area contributed by atoms with E-state index in [0.29, 0.717) is 0 Å². The van der Waals surface area contributed by atoms with Crippen molar-refractivity contribution in [3.63, 3.8) is 0 Å². The molecule has 1 atom stereocenters. The third kappa shape index (κ3) is 3.92. The van der Waals surface area contributed by atoms with E-state index in [4.69, 9.17) is 5.73 Å². The monoisotopic (exact) mass is 195 g/mol. The second-order valence-corrected chi connectivity index (χ2v) is 4.48. The van der Waals surface area contributed by atoms with E-state index in [2.05, 4.69) is 30.1 Å². The summed E-state index contributed by atoms with van der Waals surface area (Å²) < 4.78 is 0. The summed E-state index contributed by atoms with van der Waals surface area (Å²) in [6, 6.07) is 2.31. The molecule has 0 saturated carbocycles. The molecule has 14 heavy (non-hydrogen) atoms. The van der Waals surface area contributed by atoms with Crippen molar-refractivity contribution in [2.45, 2.75) is 46.1 Å². The Morgan fingerprint density at radius 3 is 2.64 bits per heavy atom. The summed E-state index contributed by atoms with van der Waals surface area (Å²) in [5.41, 5.74) is 8.20. The lowest BCUT2D eigenvalue weighted by Crippen LogP contribution is -2.23. The maximum absolute atomic E-state index is 6.01. The van der Waals surface area contributed by atoms with Crippen molar-refractivity contribution >= 4 is 0 Å². The molecule has 1 heterocycles. The van der Waals surface area contributed by atoms with Crippen LogP contribution in [0.5, 0.6) is 0 Å². The molecule has 0 amide bonds. The van der Waals surface area contributed by atoms with Gasteiger partial charge in [0, 0.05) is 18.2 Å². The summed E-state index contributed by atoms with van der Waals surface area (Å²) in [6.45, 7) is 6.47. The quantitative estimate of drug-likeness (QED) is 0.755. The molecule has 0 aromatic carbocycles. The van der Waals surface area contributed by atoms with Crippen LogP contribution in [0.25, 0.3) is 0 Å². The average molecular weight is 195 g/mol. The lowest BCUT2D eigenvalue weighted by molar-refractivity contribution is 0.492. The van der Waals surface area contributed by atoms with Gasteiger partial charge in [0.2, 0.25) is 0 Å². The Labute approximate surface area is 86.1 Å². The third-order valence-electron chi connectivity index (χ3n) is 2.35. The Morgan fingerprint density at radius 1 is 1.43 bits per heavy atom. The molecule has 1 aromatic rings. The number of H-pyrrole nitrogens is 1. The Morgan fingerprint density at radius 2 is 2.14 bits per heavy atom. The molecule has 0 bridgehead atoms. The minimum Gasteiger partial charge on any atom is -0.327 e. The molecule has 1 aromatic heterocycles. The number of aromatic amines is 1. The maximum Gasteiger partial charge on any atom is 0.0640 e. The van der Waals surface area contributed by atoms with E-state index in [-0.39, 0.29) is 6.04 Å². The van der Waals surface area contributed by atoms with Crippen LogP contribution in [0.4, 0.5) is 0 Å². The molecule has 0 aliphatic carbocycles. The molecular formula is C11H21N3. The second kappa shape index (κ2) is 5.15. The van der Waals surface area contributed by atoms with Crippen molar-refractivity contribution in [3.8, 4) is 0 Å². The van der Waals surface area contributed by atoms with Gasteiger partial charge in [-0.15, -0.1) is 0 Å². The van der Waals surface area contributed by atoms with Gasteiger partial charge in [-0.2, -0.15) is 5.10 Å². The summed E-state index contributed by atoms with van der Waals surface area (Å²) in [4.78, 5) is 0. The summed E-state index contributed by atoms with van der Waals surface area (Å²) in [5.74, 6) is 0.738. The van der Waals surface area contributed by atoms with Crippen molar-refractivity contribution in [2.75, 3.05) is 0 Å². The molecule has 3 nitrogen and oxygen atoms in total. The average Bonchev–Trinajstić information content (AvgIpc) is 2.48. The Balaban J connectivity index is 2.30. The standard InChI is InChI=1S/C11H21N3/c1-8(2)4-5-10(12)7-11-6-9(3)13-14-11/h6,8,10H,4-5,7,12H2,1-3H3,(H,13,14). The number of hydrogen-bond acceptors (Lipinski definition) is 2. The van der Waals surface area contributed by atoms with Crippen LogP contribution in [0.15, 0.2) is 6.07 Å². The zero-order valence-electron chi connectivity index (χ0n) is 9.38. The number of hydrogen-bond donors (Lipinski definition) is 2. The first-order valence-electron chi connectivity index (χ1n) is 5.34. The fourth-order valence-corrected chi connectivity index (χ4v) is 1.50. The zero-order valence-corrected chi connectivity index (χ0v) is 9.38. The van der Waals surface area contributed by atoms with E-state index in [9.17, 15) is 0 Å². The summed E-state index contributed by atoms with van der Waals surface area (Å²) >= 11 is 0. The third-order valence-corrected chi connectivity index (χ3v) is 2.35. The van der Waals surface area contributed by atoms with Gasteiger partial charge in [-0.1, -0.05) is 13.8 Å². The highest BCUT2D eigenvalue weighted by molar-refractivity contribution is 5.07. The van der Waals surface area contributed by atoms with Gasteiger partial charge in [0.1, 0.15) is 0 Å². The normalized spacial score (nSPS) is 13.5. The number of aryl methyl sites for hydroxylation is 1. The highest BCUT2D eigenvalue weighted by Gasteiger charge is 2.07. The highest BCUT2D eigenvalue weighted by atomic mass is 15.1. The van der Waals surface area contributed by atoms with Gasteiger partial charge >= 0.3 is 0 Å².